The van der Waals surface area contributed by atoms with Crippen molar-refractivity contribution >= 4 is 74.6 Å². The van der Waals surface area contributed by atoms with Crippen LogP contribution in [0.15, 0.2) is 237 Å². The molecule has 13 aromatic rings. The van der Waals surface area contributed by atoms with Crippen LogP contribution in [0.4, 0.5) is 0 Å². The second kappa shape index (κ2) is 14.7. The molecule has 1 heteroatoms. The number of fused-ring (bicyclic) bond motifs is 10. The quantitative estimate of drug-likeness (QED) is 0.151. The van der Waals surface area contributed by atoms with Gasteiger partial charge in [0.1, 0.15) is 0 Å². The summed E-state index contributed by atoms with van der Waals surface area (Å²) in [6.45, 7) is 0. The van der Waals surface area contributed by atoms with E-state index >= 15 is 0 Å². The van der Waals surface area contributed by atoms with Gasteiger partial charge in [-0.1, -0.05) is 218 Å². The lowest BCUT2D eigenvalue weighted by molar-refractivity contribution is 1.02. The highest BCUT2D eigenvalue weighted by Crippen LogP contribution is 2.54. The third-order valence-corrected chi connectivity index (χ3v) is 15.5. The highest BCUT2D eigenvalue weighted by Gasteiger charge is 2.31. The van der Waals surface area contributed by atoms with Crippen LogP contribution in [0.2, 0.25) is 0 Å². The van der Waals surface area contributed by atoms with Gasteiger partial charge in [0.25, 0.3) is 0 Å². The fraction of sp³-hybridized carbons (Fsp3) is 0.0154. The molecule has 0 bridgehead atoms. The van der Waals surface area contributed by atoms with Gasteiger partial charge in [0, 0.05) is 26.1 Å². The summed E-state index contributed by atoms with van der Waals surface area (Å²) in [7, 11) is 0. The molecule has 1 atom stereocenters. The third-order valence-electron chi connectivity index (χ3n) is 14.3. The molecule has 0 saturated heterocycles. The lowest BCUT2D eigenvalue weighted by atomic mass is 9.82. The van der Waals surface area contributed by atoms with Gasteiger partial charge >= 0.3 is 0 Å². The van der Waals surface area contributed by atoms with Gasteiger partial charge in [-0.3, -0.25) is 0 Å². The smallest absolute Gasteiger partial charge is 0.0361 e. The zero-order valence-corrected chi connectivity index (χ0v) is 36.8. The van der Waals surface area contributed by atoms with E-state index in [4.69, 9.17) is 0 Å². The van der Waals surface area contributed by atoms with Crippen molar-refractivity contribution < 1.29 is 0 Å². The summed E-state index contributed by atoms with van der Waals surface area (Å²) in [5, 5.41) is 12.8. The van der Waals surface area contributed by atoms with Crippen LogP contribution in [0.5, 0.6) is 0 Å². The molecule has 0 aliphatic heterocycles. The minimum atomic E-state index is 0.177. The molecular formula is C65H40S. The molecule has 1 aliphatic carbocycles. The van der Waals surface area contributed by atoms with Crippen molar-refractivity contribution in [2.45, 2.75) is 5.92 Å². The Morgan fingerprint density at radius 1 is 0.258 bits per heavy atom. The molecule has 14 rings (SSSR count). The van der Waals surface area contributed by atoms with Crippen LogP contribution in [0.1, 0.15) is 22.6 Å². The molecule has 0 N–H and O–H groups in total. The second-order valence-corrected chi connectivity index (χ2v) is 18.8. The topological polar surface area (TPSA) is 0 Å². The standard InChI is InChI=1S/C65H40S/c1-3-19-40(20-4-1)59-46-25-9-13-29-50(46)62(51-30-14-10-26-47(51)59)54-33-17-35-57-64(54)65-55(34-18-36-58(65)66-57)63-52-31-15-11-27-48(52)61(49-28-12-16-32-53(49)63)42-37-38-44-43-23-7-8-24-45(43)60(56(44)39-42)41-21-5-2-6-22-41/h1-39,60H. The van der Waals surface area contributed by atoms with Gasteiger partial charge in [0.2, 0.25) is 0 Å². The highest BCUT2D eigenvalue weighted by molar-refractivity contribution is 7.26. The van der Waals surface area contributed by atoms with Gasteiger partial charge < -0.3 is 0 Å². The molecule has 0 amide bonds. The van der Waals surface area contributed by atoms with Gasteiger partial charge in [-0.05, 0) is 134 Å². The molecular weight excluding hydrogens is 813 g/mol. The molecule has 0 nitrogen and oxygen atoms in total. The Hall–Kier alpha value is -8.10. The molecule has 1 aromatic heterocycles. The minimum Gasteiger partial charge on any atom is -0.135 e. The Bertz CT molecular complexity index is 3990. The van der Waals surface area contributed by atoms with E-state index in [9.17, 15) is 0 Å². The van der Waals surface area contributed by atoms with Crippen molar-refractivity contribution in [3.05, 3.63) is 253 Å². The van der Waals surface area contributed by atoms with E-state index in [1.54, 1.807) is 0 Å². The number of hydrogen-bond acceptors (Lipinski definition) is 1. The SMILES string of the molecule is c1ccc(-c2c3ccccc3c(-c3cccc4sc5cccc(-c6c7ccccc7c(-c7ccc8c(c7)C(c7ccccc7)c7ccccc7-8)c7ccccc67)c5c34)c3ccccc23)cc1. The predicted octanol–water partition coefficient (Wildman–Crippen LogP) is 18.5. The zero-order chi connectivity index (χ0) is 43.3. The van der Waals surface area contributed by atoms with Gasteiger partial charge in [0.05, 0.1) is 0 Å². The summed E-state index contributed by atoms with van der Waals surface area (Å²) >= 11 is 1.91. The maximum atomic E-state index is 2.50. The molecule has 1 unspecified atom stereocenters. The predicted molar refractivity (Wildman–Crippen MR) is 284 cm³/mol. The van der Waals surface area contributed by atoms with Gasteiger partial charge in [-0.25, -0.2) is 0 Å². The average molecular weight is 853 g/mol. The fourth-order valence-electron chi connectivity index (χ4n) is 11.7. The first-order chi connectivity index (χ1) is 32.8. The van der Waals surface area contributed by atoms with Gasteiger partial charge in [-0.15, -0.1) is 11.3 Å². The first-order valence-electron chi connectivity index (χ1n) is 23.0. The Morgan fingerprint density at radius 2 is 0.652 bits per heavy atom. The van der Waals surface area contributed by atoms with Crippen molar-refractivity contribution in [2.75, 3.05) is 0 Å². The van der Waals surface area contributed by atoms with E-state index in [2.05, 4.69) is 237 Å². The van der Waals surface area contributed by atoms with E-state index < -0.39 is 0 Å². The lowest BCUT2D eigenvalue weighted by Gasteiger charge is -2.20. The number of hydrogen-bond donors (Lipinski definition) is 0. The van der Waals surface area contributed by atoms with E-state index in [1.807, 2.05) is 11.3 Å². The van der Waals surface area contributed by atoms with E-state index in [0.29, 0.717) is 0 Å². The first-order valence-corrected chi connectivity index (χ1v) is 23.8. The maximum absolute atomic E-state index is 2.50. The average Bonchev–Trinajstić information content (AvgIpc) is 3.94. The second-order valence-electron chi connectivity index (χ2n) is 17.7. The van der Waals surface area contributed by atoms with E-state index in [0.717, 1.165) is 0 Å². The van der Waals surface area contributed by atoms with Crippen LogP contribution in [0.3, 0.4) is 0 Å². The van der Waals surface area contributed by atoms with Crippen molar-refractivity contribution in [1.82, 2.24) is 0 Å². The highest BCUT2D eigenvalue weighted by atomic mass is 32.1. The Kier molecular flexibility index (Phi) is 8.32. The summed E-state index contributed by atoms with van der Waals surface area (Å²) in [6.07, 6.45) is 0. The maximum Gasteiger partial charge on any atom is 0.0361 e. The van der Waals surface area contributed by atoms with Crippen LogP contribution in [0.25, 0.3) is 119 Å². The summed E-state index contributed by atoms with van der Waals surface area (Å²) < 4.78 is 2.60. The Balaban J connectivity index is 1.05. The minimum absolute atomic E-state index is 0.177. The van der Waals surface area contributed by atoms with E-state index in [-0.39, 0.29) is 5.92 Å². The lowest BCUT2D eigenvalue weighted by Crippen LogP contribution is -1.99. The Morgan fingerprint density at radius 3 is 1.17 bits per heavy atom. The van der Waals surface area contributed by atoms with Crippen LogP contribution >= 0.6 is 11.3 Å². The number of benzene rings is 12. The van der Waals surface area contributed by atoms with Gasteiger partial charge in [0.15, 0.2) is 0 Å². The summed E-state index contributed by atoms with van der Waals surface area (Å²) in [5.74, 6) is 0.177. The molecule has 306 valence electrons. The Labute approximate surface area is 387 Å². The molecule has 0 fully saturated rings. The summed E-state index contributed by atoms with van der Waals surface area (Å²) in [6, 6.07) is 88.4. The zero-order valence-electron chi connectivity index (χ0n) is 36.0. The summed E-state index contributed by atoms with van der Waals surface area (Å²) in [4.78, 5) is 0. The molecule has 12 aromatic carbocycles. The molecule has 0 radical (unpaired) electrons. The van der Waals surface area contributed by atoms with Crippen LogP contribution < -0.4 is 0 Å². The fourth-order valence-corrected chi connectivity index (χ4v) is 12.9. The van der Waals surface area contributed by atoms with Crippen molar-refractivity contribution in [1.29, 1.82) is 0 Å². The normalized spacial score (nSPS) is 13.3. The van der Waals surface area contributed by atoms with Gasteiger partial charge in [-0.2, -0.15) is 0 Å². The molecule has 1 aliphatic rings. The number of thiophene rings is 1. The van der Waals surface area contributed by atoms with Crippen molar-refractivity contribution in [3.8, 4) is 55.6 Å². The van der Waals surface area contributed by atoms with Crippen molar-refractivity contribution in [2.24, 2.45) is 0 Å². The van der Waals surface area contributed by atoms with E-state index in [1.165, 1.54) is 136 Å². The van der Waals surface area contributed by atoms with Crippen LogP contribution in [-0.2, 0) is 0 Å². The van der Waals surface area contributed by atoms with Crippen LogP contribution in [0, 0.1) is 0 Å². The molecule has 66 heavy (non-hydrogen) atoms. The summed E-state index contributed by atoms with van der Waals surface area (Å²) in [5.41, 5.74) is 16.9. The van der Waals surface area contributed by atoms with Crippen molar-refractivity contribution in [3.63, 3.8) is 0 Å². The molecule has 0 spiro atoms. The molecule has 1 heterocycles. The number of rotatable bonds is 5. The molecule has 0 saturated carbocycles. The largest absolute Gasteiger partial charge is 0.135 e. The monoisotopic (exact) mass is 852 g/mol. The first kappa shape index (κ1) is 37.3. The third kappa shape index (κ3) is 5.45. The van der Waals surface area contributed by atoms with Crippen LogP contribution in [-0.4, -0.2) is 0 Å².